The highest BCUT2D eigenvalue weighted by molar-refractivity contribution is 5.66. The highest BCUT2D eigenvalue weighted by Gasteiger charge is 2.31. The second-order valence-electron chi connectivity index (χ2n) is 8.62. The second-order valence-corrected chi connectivity index (χ2v) is 8.62. The van der Waals surface area contributed by atoms with Gasteiger partial charge in [0.1, 0.15) is 0 Å². The van der Waals surface area contributed by atoms with E-state index >= 15 is 0 Å². The largest absolute Gasteiger partial charge is 0.463 e. The fourth-order valence-electron chi connectivity index (χ4n) is 3.75. The molecule has 180 valence electrons. The summed E-state index contributed by atoms with van der Waals surface area (Å²) >= 11 is 0. The number of hydrogen-bond acceptors (Lipinski definition) is 4. The first-order chi connectivity index (χ1) is 15.5. The number of esters is 1. The molecule has 0 amide bonds. The molecule has 0 bridgehead atoms. The van der Waals surface area contributed by atoms with E-state index in [-0.39, 0.29) is 18.2 Å². The smallest absolute Gasteiger partial charge is 0.302 e. The van der Waals surface area contributed by atoms with Gasteiger partial charge in [-0.1, -0.05) is 74.9 Å². The highest BCUT2D eigenvalue weighted by atomic mass is 17.2. The number of aryl methyl sites for hydroxylation is 1. The summed E-state index contributed by atoms with van der Waals surface area (Å²) in [5.41, 5.74) is 1.43. The first-order valence-corrected chi connectivity index (χ1v) is 12.3. The summed E-state index contributed by atoms with van der Waals surface area (Å²) in [6, 6.07) is 10.7. The molecule has 2 rings (SSSR count). The number of unbranched alkanes of at least 4 members (excludes halogenated alkanes) is 2. The lowest BCUT2D eigenvalue weighted by Crippen LogP contribution is -2.36. The zero-order chi connectivity index (χ0) is 23.6. The van der Waals surface area contributed by atoms with Crippen LogP contribution in [0.3, 0.4) is 0 Å². The predicted molar refractivity (Wildman–Crippen MR) is 132 cm³/mol. The lowest BCUT2D eigenvalue weighted by Gasteiger charge is -2.34. The van der Waals surface area contributed by atoms with Crippen molar-refractivity contribution in [2.45, 2.75) is 91.8 Å². The first-order valence-electron chi connectivity index (χ1n) is 12.3. The van der Waals surface area contributed by atoms with Crippen LogP contribution in [-0.2, 0) is 25.7 Å². The van der Waals surface area contributed by atoms with Crippen LogP contribution in [0.25, 0.3) is 0 Å². The molecule has 1 unspecified atom stereocenters. The number of allylic oxidation sites excluding steroid dienone is 3. The van der Waals surface area contributed by atoms with E-state index in [1.165, 1.54) is 31.7 Å². The van der Waals surface area contributed by atoms with Gasteiger partial charge in [-0.2, -0.15) is 0 Å². The third-order valence-electron chi connectivity index (χ3n) is 5.35. The molecule has 1 aliphatic heterocycles. The van der Waals surface area contributed by atoms with Gasteiger partial charge in [-0.15, -0.1) is 0 Å². The lowest BCUT2D eigenvalue weighted by atomic mass is 9.83. The maximum atomic E-state index is 10.0. The van der Waals surface area contributed by atoms with Crippen LogP contribution in [0.15, 0.2) is 54.6 Å². The van der Waals surface area contributed by atoms with Crippen LogP contribution >= 0.6 is 0 Å². The zero-order valence-electron chi connectivity index (χ0n) is 20.8. The Labute approximate surface area is 196 Å². The molecule has 0 spiro atoms. The SMILES string of the molecule is CC(=O)OC(C)C.CCC/C=C\C[C@H]1COO[C@H](CC)C1/C=C/CCCc1ccccc1. The van der Waals surface area contributed by atoms with Gasteiger partial charge in [0.15, 0.2) is 0 Å². The Morgan fingerprint density at radius 3 is 2.47 bits per heavy atom. The van der Waals surface area contributed by atoms with E-state index in [1.54, 1.807) is 0 Å². The van der Waals surface area contributed by atoms with Gasteiger partial charge in [-0.05, 0) is 63.9 Å². The van der Waals surface area contributed by atoms with E-state index in [1.807, 2.05) is 13.8 Å². The molecule has 3 atom stereocenters. The molecule has 4 nitrogen and oxygen atoms in total. The van der Waals surface area contributed by atoms with Crippen molar-refractivity contribution >= 4 is 5.97 Å². The molecule has 4 heteroatoms. The van der Waals surface area contributed by atoms with E-state index in [2.05, 4.69) is 73.2 Å². The minimum absolute atomic E-state index is 0.0255. The Bertz CT molecular complexity index is 651. The van der Waals surface area contributed by atoms with Crippen LogP contribution in [0.2, 0.25) is 0 Å². The molecule has 0 N–H and O–H groups in total. The fourth-order valence-corrected chi connectivity index (χ4v) is 3.75. The average molecular weight is 445 g/mol. The summed E-state index contributed by atoms with van der Waals surface area (Å²) < 4.78 is 4.61. The molecule has 1 aromatic carbocycles. The van der Waals surface area contributed by atoms with Crippen molar-refractivity contribution in [3.8, 4) is 0 Å². The van der Waals surface area contributed by atoms with Crippen molar-refractivity contribution in [3.05, 3.63) is 60.2 Å². The normalized spacial score (nSPS) is 21.0. The summed E-state index contributed by atoms with van der Waals surface area (Å²) in [6.45, 7) is 10.1. The maximum Gasteiger partial charge on any atom is 0.302 e. The summed E-state index contributed by atoms with van der Waals surface area (Å²) in [5.74, 6) is 0.772. The summed E-state index contributed by atoms with van der Waals surface area (Å²) in [7, 11) is 0. The number of hydrogen-bond donors (Lipinski definition) is 0. The Morgan fingerprint density at radius 1 is 1.12 bits per heavy atom. The summed E-state index contributed by atoms with van der Waals surface area (Å²) in [4.78, 5) is 21.0. The maximum absolute atomic E-state index is 10.0. The number of benzene rings is 1. The number of ether oxygens (including phenoxy) is 1. The Balaban J connectivity index is 0.000000633. The van der Waals surface area contributed by atoms with Gasteiger partial charge in [0.2, 0.25) is 0 Å². The number of carbonyl (C=O) groups excluding carboxylic acids is 1. The van der Waals surface area contributed by atoms with Gasteiger partial charge in [0, 0.05) is 12.8 Å². The molecule has 1 saturated heterocycles. The van der Waals surface area contributed by atoms with Gasteiger partial charge >= 0.3 is 5.97 Å². The molecule has 1 heterocycles. The van der Waals surface area contributed by atoms with Crippen LogP contribution < -0.4 is 0 Å². The van der Waals surface area contributed by atoms with Gasteiger partial charge in [0.05, 0.1) is 18.8 Å². The van der Waals surface area contributed by atoms with Crippen molar-refractivity contribution in [3.63, 3.8) is 0 Å². The van der Waals surface area contributed by atoms with Crippen molar-refractivity contribution < 1.29 is 19.3 Å². The van der Waals surface area contributed by atoms with Crippen LogP contribution in [-0.4, -0.2) is 24.8 Å². The molecule has 0 aliphatic carbocycles. The molecule has 1 aromatic rings. The predicted octanol–water partition coefficient (Wildman–Crippen LogP) is 7.24. The highest BCUT2D eigenvalue weighted by Crippen LogP contribution is 2.31. The molecule has 1 aliphatic rings. The monoisotopic (exact) mass is 444 g/mol. The minimum atomic E-state index is -0.213. The topological polar surface area (TPSA) is 44.8 Å². The van der Waals surface area contributed by atoms with Gasteiger partial charge in [-0.3, -0.25) is 4.79 Å². The van der Waals surface area contributed by atoms with E-state index in [0.29, 0.717) is 18.4 Å². The zero-order valence-corrected chi connectivity index (χ0v) is 20.8. The van der Waals surface area contributed by atoms with Crippen molar-refractivity contribution in [1.82, 2.24) is 0 Å². The van der Waals surface area contributed by atoms with Crippen LogP contribution in [0.1, 0.15) is 78.7 Å². The van der Waals surface area contributed by atoms with E-state index in [9.17, 15) is 4.79 Å². The molecular weight excluding hydrogens is 400 g/mol. The van der Waals surface area contributed by atoms with Gasteiger partial charge in [0.25, 0.3) is 0 Å². The van der Waals surface area contributed by atoms with E-state index < -0.39 is 0 Å². The Kier molecular flexibility index (Phi) is 15.5. The third kappa shape index (κ3) is 12.8. The third-order valence-corrected chi connectivity index (χ3v) is 5.35. The van der Waals surface area contributed by atoms with Gasteiger partial charge < -0.3 is 4.74 Å². The van der Waals surface area contributed by atoms with Crippen molar-refractivity contribution in [2.24, 2.45) is 11.8 Å². The molecule has 0 radical (unpaired) electrons. The molecular formula is C28H44O4. The lowest BCUT2D eigenvalue weighted by molar-refractivity contribution is -0.366. The average Bonchev–Trinajstić information content (AvgIpc) is 2.77. The molecule has 0 saturated carbocycles. The minimum Gasteiger partial charge on any atom is -0.463 e. The summed E-state index contributed by atoms with van der Waals surface area (Å²) in [6.07, 6.45) is 17.5. The Morgan fingerprint density at radius 2 is 1.88 bits per heavy atom. The van der Waals surface area contributed by atoms with Gasteiger partial charge in [-0.25, -0.2) is 9.78 Å². The second kappa shape index (κ2) is 17.6. The van der Waals surface area contributed by atoms with Crippen molar-refractivity contribution in [2.75, 3.05) is 6.61 Å². The standard InChI is InChI=1S/C23H34O2.C5H10O2/c1-3-5-6-12-17-21-19-24-25-23(4-2)22(21)18-13-8-11-16-20-14-9-7-10-15-20;1-4(2)7-5(3)6/h6-7,9-10,12-15,18,21-23H,3-5,8,11,16-17,19H2,1-2H3;4H,1-3H3/b12-6-,18-13+;/t21-,22?,23+;/m0./s1. The number of rotatable bonds is 11. The fraction of sp³-hybridized carbons (Fsp3) is 0.607. The first kappa shape index (κ1) is 28.1. The van der Waals surface area contributed by atoms with Crippen LogP contribution in [0, 0.1) is 11.8 Å². The quantitative estimate of drug-likeness (QED) is 0.156. The number of carbonyl (C=O) groups is 1. The summed E-state index contributed by atoms with van der Waals surface area (Å²) in [5, 5.41) is 0. The van der Waals surface area contributed by atoms with E-state index in [4.69, 9.17) is 9.78 Å². The van der Waals surface area contributed by atoms with E-state index in [0.717, 1.165) is 25.7 Å². The molecule has 0 aromatic heterocycles. The van der Waals surface area contributed by atoms with Crippen LogP contribution in [0.4, 0.5) is 0 Å². The van der Waals surface area contributed by atoms with Crippen molar-refractivity contribution in [1.29, 1.82) is 0 Å². The Hall–Kier alpha value is -1.91. The molecule has 32 heavy (non-hydrogen) atoms. The van der Waals surface area contributed by atoms with Crippen LogP contribution in [0.5, 0.6) is 0 Å². The molecule has 1 fully saturated rings.